The van der Waals surface area contributed by atoms with Crippen molar-refractivity contribution in [3.8, 4) is 5.75 Å². The first-order valence-corrected chi connectivity index (χ1v) is 9.31. The standard InChI is InChI=1S/C22H25N3O2/c1-15-13-24(2)20-6-4-5-7-21(20)25(14-15)22(26)10-16-12-23-19-9-8-17(27-3)11-18(16)19/h4-9,11-12,15,23H,10,13-14H2,1-3H3. The van der Waals surface area contributed by atoms with E-state index in [1.165, 1.54) is 0 Å². The molecule has 0 saturated carbocycles. The molecule has 0 bridgehead atoms. The van der Waals surface area contributed by atoms with Crippen LogP contribution in [0.25, 0.3) is 10.9 Å². The lowest BCUT2D eigenvalue weighted by Gasteiger charge is -2.24. The van der Waals surface area contributed by atoms with Gasteiger partial charge in [0.15, 0.2) is 0 Å². The van der Waals surface area contributed by atoms with Gasteiger partial charge in [0.25, 0.3) is 0 Å². The number of methoxy groups -OCH3 is 1. The topological polar surface area (TPSA) is 48.6 Å². The lowest BCUT2D eigenvalue weighted by molar-refractivity contribution is -0.118. The molecule has 3 aromatic rings. The number of nitrogens with zero attached hydrogens (tertiary/aromatic N) is 2. The normalized spacial score (nSPS) is 16.9. The van der Waals surface area contributed by atoms with Crippen LogP contribution in [0.3, 0.4) is 0 Å². The van der Waals surface area contributed by atoms with Crippen LogP contribution in [0.5, 0.6) is 5.75 Å². The predicted molar refractivity (Wildman–Crippen MR) is 110 cm³/mol. The fraction of sp³-hybridized carbons (Fsp3) is 0.318. The molecule has 5 nitrogen and oxygen atoms in total. The summed E-state index contributed by atoms with van der Waals surface area (Å²) in [6, 6.07) is 14.1. The van der Waals surface area contributed by atoms with Gasteiger partial charge in [0.1, 0.15) is 5.75 Å². The summed E-state index contributed by atoms with van der Waals surface area (Å²) in [7, 11) is 3.75. The van der Waals surface area contributed by atoms with Crippen LogP contribution < -0.4 is 14.5 Å². The number of hydrogen-bond acceptors (Lipinski definition) is 3. The van der Waals surface area contributed by atoms with E-state index in [0.29, 0.717) is 12.3 Å². The fourth-order valence-electron chi connectivity index (χ4n) is 3.97. The summed E-state index contributed by atoms with van der Waals surface area (Å²) in [5, 5.41) is 1.04. The molecule has 0 saturated heterocycles. The first-order valence-electron chi connectivity index (χ1n) is 9.31. The fourth-order valence-corrected chi connectivity index (χ4v) is 3.97. The Morgan fingerprint density at radius 2 is 1.96 bits per heavy atom. The summed E-state index contributed by atoms with van der Waals surface area (Å²) in [5.41, 5.74) is 4.11. The van der Waals surface area contributed by atoms with Gasteiger partial charge < -0.3 is 19.5 Å². The molecule has 27 heavy (non-hydrogen) atoms. The number of carbonyl (C=O) groups is 1. The smallest absolute Gasteiger partial charge is 0.231 e. The number of benzene rings is 2. The molecule has 1 aliphatic rings. The molecule has 2 aromatic carbocycles. The Morgan fingerprint density at radius 3 is 2.74 bits per heavy atom. The van der Waals surface area contributed by atoms with Gasteiger partial charge >= 0.3 is 0 Å². The second-order valence-corrected chi connectivity index (χ2v) is 7.38. The van der Waals surface area contributed by atoms with Crippen molar-refractivity contribution in [3.63, 3.8) is 0 Å². The third kappa shape index (κ3) is 3.25. The molecule has 1 unspecified atom stereocenters. The number of rotatable bonds is 3. The summed E-state index contributed by atoms with van der Waals surface area (Å²) in [5.74, 6) is 1.31. The highest BCUT2D eigenvalue weighted by molar-refractivity contribution is 6.00. The van der Waals surface area contributed by atoms with Crippen molar-refractivity contribution in [1.82, 2.24) is 4.98 Å². The summed E-state index contributed by atoms with van der Waals surface area (Å²) in [6.07, 6.45) is 2.29. The number of amides is 1. The van der Waals surface area contributed by atoms with E-state index >= 15 is 0 Å². The monoisotopic (exact) mass is 363 g/mol. The van der Waals surface area contributed by atoms with E-state index < -0.39 is 0 Å². The van der Waals surface area contributed by atoms with Gasteiger partial charge in [-0.05, 0) is 41.8 Å². The van der Waals surface area contributed by atoms with Gasteiger partial charge in [-0.3, -0.25) is 4.79 Å². The molecule has 1 aromatic heterocycles. The molecule has 0 aliphatic carbocycles. The van der Waals surface area contributed by atoms with Crippen molar-refractivity contribution >= 4 is 28.2 Å². The Bertz CT molecular complexity index is 979. The molecule has 2 heterocycles. The molecule has 0 radical (unpaired) electrons. The molecule has 1 N–H and O–H groups in total. The van der Waals surface area contributed by atoms with Gasteiger partial charge in [-0.25, -0.2) is 0 Å². The quantitative estimate of drug-likeness (QED) is 0.769. The second-order valence-electron chi connectivity index (χ2n) is 7.38. The number of anilines is 2. The number of carbonyl (C=O) groups excluding carboxylic acids is 1. The van der Waals surface area contributed by atoms with Gasteiger partial charge in [0.2, 0.25) is 5.91 Å². The number of para-hydroxylation sites is 2. The maximum absolute atomic E-state index is 13.3. The molecular weight excluding hydrogens is 338 g/mol. The predicted octanol–water partition coefficient (Wildman–Crippen LogP) is 3.84. The van der Waals surface area contributed by atoms with E-state index in [-0.39, 0.29) is 5.91 Å². The average molecular weight is 363 g/mol. The van der Waals surface area contributed by atoms with Crippen LogP contribution in [0.4, 0.5) is 11.4 Å². The average Bonchev–Trinajstić information content (AvgIpc) is 3.01. The van der Waals surface area contributed by atoms with E-state index in [1.54, 1.807) is 7.11 Å². The van der Waals surface area contributed by atoms with Crippen molar-refractivity contribution in [1.29, 1.82) is 0 Å². The minimum Gasteiger partial charge on any atom is -0.497 e. The molecule has 1 aliphatic heterocycles. The Hall–Kier alpha value is -2.95. The molecule has 5 heteroatoms. The Balaban J connectivity index is 1.67. The third-order valence-electron chi connectivity index (χ3n) is 5.28. The highest BCUT2D eigenvalue weighted by atomic mass is 16.5. The van der Waals surface area contributed by atoms with Gasteiger partial charge in [-0.2, -0.15) is 0 Å². The SMILES string of the molecule is COc1ccc2[nH]cc(CC(=O)N3CC(C)CN(C)c4ccccc43)c2c1. The van der Waals surface area contributed by atoms with Crippen molar-refractivity contribution in [2.24, 2.45) is 5.92 Å². The zero-order valence-electron chi connectivity index (χ0n) is 16.0. The lowest BCUT2D eigenvalue weighted by Crippen LogP contribution is -2.35. The second kappa shape index (κ2) is 6.99. The van der Waals surface area contributed by atoms with Crippen molar-refractivity contribution in [2.45, 2.75) is 13.3 Å². The van der Waals surface area contributed by atoms with Crippen molar-refractivity contribution < 1.29 is 9.53 Å². The number of ether oxygens (including phenoxy) is 1. The van der Waals surface area contributed by atoms with Gasteiger partial charge in [0.05, 0.1) is 24.9 Å². The molecule has 1 amide bonds. The highest BCUT2D eigenvalue weighted by Crippen LogP contribution is 2.33. The molecular formula is C22H25N3O2. The Labute approximate surface area is 159 Å². The highest BCUT2D eigenvalue weighted by Gasteiger charge is 2.27. The van der Waals surface area contributed by atoms with E-state index in [9.17, 15) is 4.79 Å². The minimum absolute atomic E-state index is 0.119. The first-order chi connectivity index (χ1) is 13.1. The molecule has 0 fully saturated rings. The van der Waals surface area contributed by atoms with Crippen molar-refractivity contribution in [2.75, 3.05) is 37.0 Å². The third-order valence-corrected chi connectivity index (χ3v) is 5.28. The number of aromatic nitrogens is 1. The molecule has 0 spiro atoms. The van der Waals surface area contributed by atoms with Crippen molar-refractivity contribution in [3.05, 3.63) is 54.2 Å². The number of hydrogen-bond donors (Lipinski definition) is 1. The zero-order chi connectivity index (χ0) is 19.0. The zero-order valence-corrected chi connectivity index (χ0v) is 16.0. The first kappa shape index (κ1) is 17.5. The summed E-state index contributed by atoms with van der Waals surface area (Å²) >= 11 is 0. The van der Waals surface area contributed by atoms with Gasteiger partial charge in [0, 0.05) is 37.2 Å². The molecule has 140 valence electrons. The summed E-state index contributed by atoms with van der Waals surface area (Å²) in [4.78, 5) is 20.7. The summed E-state index contributed by atoms with van der Waals surface area (Å²) in [6.45, 7) is 3.86. The lowest BCUT2D eigenvalue weighted by atomic mass is 10.1. The Morgan fingerprint density at radius 1 is 1.19 bits per heavy atom. The van der Waals surface area contributed by atoms with Crippen LogP contribution in [0, 0.1) is 5.92 Å². The number of nitrogens with one attached hydrogen (secondary N) is 1. The number of fused-ring (bicyclic) bond motifs is 2. The molecule has 1 atom stereocenters. The summed E-state index contributed by atoms with van der Waals surface area (Å²) < 4.78 is 5.34. The van der Waals surface area contributed by atoms with E-state index in [2.05, 4.69) is 29.9 Å². The van der Waals surface area contributed by atoms with Crippen LogP contribution in [-0.4, -0.2) is 38.1 Å². The number of aromatic amines is 1. The Kier molecular flexibility index (Phi) is 4.52. The van der Waals surface area contributed by atoms with Gasteiger partial charge in [-0.1, -0.05) is 19.1 Å². The molecule has 4 rings (SSSR count). The largest absolute Gasteiger partial charge is 0.497 e. The maximum Gasteiger partial charge on any atom is 0.231 e. The van der Waals surface area contributed by atoms with E-state index in [0.717, 1.165) is 46.7 Å². The van der Waals surface area contributed by atoms with E-state index in [1.807, 2.05) is 47.5 Å². The van der Waals surface area contributed by atoms with Gasteiger partial charge in [-0.15, -0.1) is 0 Å². The van der Waals surface area contributed by atoms with Crippen LogP contribution in [0.2, 0.25) is 0 Å². The van der Waals surface area contributed by atoms with E-state index in [4.69, 9.17) is 4.74 Å². The maximum atomic E-state index is 13.3. The minimum atomic E-state index is 0.119. The van der Waals surface area contributed by atoms with Crippen LogP contribution in [0.15, 0.2) is 48.7 Å². The van der Waals surface area contributed by atoms with Crippen LogP contribution >= 0.6 is 0 Å². The van der Waals surface area contributed by atoms with Crippen LogP contribution in [-0.2, 0) is 11.2 Å². The van der Waals surface area contributed by atoms with Crippen LogP contribution in [0.1, 0.15) is 12.5 Å². The number of H-pyrrole nitrogens is 1.